The fourth-order valence-corrected chi connectivity index (χ4v) is 3.95. The number of rotatable bonds is 5. The predicted octanol–water partition coefficient (Wildman–Crippen LogP) is 4.77. The summed E-state index contributed by atoms with van der Waals surface area (Å²) < 4.78 is 40.7. The molecule has 0 aliphatic carbocycles. The van der Waals surface area contributed by atoms with E-state index in [0.29, 0.717) is 5.69 Å². The van der Waals surface area contributed by atoms with E-state index in [2.05, 4.69) is 10.0 Å². The zero-order valence-electron chi connectivity index (χ0n) is 14.6. The number of sulfonamides is 1. The molecule has 0 bridgehead atoms. The van der Waals surface area contributed by atoms with Crippen LogP contribution in [0.5, 0.6) is 0 Å². The van der Waals surface area contributed by atoms with Crippen molar-refractivity contribution in [3.8, 4) is 0 Å². The molecule has 150 valence electrons. The van der Waals surface area contributed by atoms with Crippen LogP contribution in [0.2, 0.25) is 10.0 Å². The number of hydrogen-bond acceptors (Lipinski definition) is 4. The van der Waals surface area contributed by atoms with Crippen molar-refractivity contribution in [2.45, 2.75) is 4.90 Å². The Morgan fingerprint density at radius 2 is 1.55 bits per heavy atom. The number of carbonyl (C=O) groups excluding carboxylic acids is 1. The Labute approximate surface area is 176 Å². The van der Waals surface area contributed by atoms with Crippen LogP contribution in [0.3, 0.4) is 0 Å². The maximum absolute atomic E-state index is 13.7. The lowest BCUT2D eigenvalue weighted by Gasteiger charge is -2.10. The number of para-hydroxylation sites is 1. The third kappa shape index (κ3) is 4.79. The van der Waals surface area contributed by atoms with E-state index in [4.69, 9.17) is 28.9 Å². The summed E-state index contributed by atoms with van der Waals surface area (Å²) in [6.07, 6.45) is 0. The van der Waals surface area contributed by atoms with Gasteiger partial charge in [0.25, 0.3) is 15.9 Å². The molecule has 0 aliphatic heterocycles. The van der Waals surface area contributed by atoms with Gasteiger partial charge in [-0.15, -0.1) is 0 Å². The number of halogens is 3. The van der Waals surface area contributed by atoms with Crippen molar-refractivity contribution in [3.05, 3.63) is 82.1 Å². The van der Waals surface area contributed by atoms with Gasteiger partial charge in [-0.05, 0) is 48.5 Å². The monoisotopic (exact) mass is 453 g/mol. The van der Waals surface area contributed by atoms with Crippen LogP contribution in [-0.2, 0) is 10.0 Å². The van der Waals surface area contributed by atoms with Gasteiger partial charge in [-0.2, -0.15) is 0 Å². The summed E-state index contributed by atoms with van der Waals surface area (Å²) in [4.78, 5) is 12.2. The third-order valence-electron chi connectivity index (χ3n) is 3.88. The molecule has 0 saturated carbocycles. The molecule has 0 radical (unpaired) electrons. The fraction of sp³-hybridized carbons (Fsp3) is 0. The third-order valence-corrected chi connectivity index (χ3v) is 5.89. The van der Waals surface area contributed by atoms with Gasteiger partial charge in [-0.25, -0.2) is 12.8 Å². The van der Waals surface area contributed by atoms with Crippen LogP contribution in [0.1, 0.15) is 10.4 Å². The average Bonchev–Trinajstić information content (AvgIpc) is 2.68. The van der Waals surface area contributed by atoms with E-state index >= 15 is 0 Å². The number of nitrogens with one attached hydrogen (secondary N) is 2. The SMILES string of the molecule is Nc1c(Cl)cc(NC(=O)c2ccc(S(=O)(=O)Nc3ccccc3F)cc2)cc1Cl. The highest BCUT2D eigenvalue weighted by Crippen LogP contribution is 2.31. The molecule has 1 amide bonds. The Morgan fingerprint density at radius 3 is 2.14 bits per heavy atom. The second kappa shape index (κ2) is 8.28. The number of benzene rings is 3. The average molecular weight is 454 g/mol. The van der Waals surface area contributed by atoms with Crippen molar-refractivity contribution in [1.29, 1.82) is 0 Å². The number of hydrogen-bond donors (Lipinski definition) is 3. The number of nitrogen functional groups attached to an aromatic ring is 1. The van der Waals surface area contributed by atoms with Gasteiger partial charge in [0.2, 0.25) is 0 Å². The van der Waals surface area contributed by atoms with E-state index in [9.17, 15) is 17.6 Å². The van der Waals surface area contributed by atoms with Crippen LogP contribution in [-0.4, -0.2) is 14.3 Å². The zero-order chi connectivity index (χ0) is 21.2. The van der Waals surface area contributed by atoms with E-state index in [0.717, 1.165) is 6.07 Å². The van der Waals surface area contributed by atoms with Gasteiger partial charge >= 0.3 is 0 Å². The first-order chi connectivity index (χ1) is 13.7. The second-order valence-electron chi connectivity index (χ2n) is 5.92. The van der Waals surface area contributed by atoms with E-state index in [1.165, 1.54) is 54.6 Å². The molecule has 3 aromatic carbocycles. The van der Waals surface area contributed by atoms with Gasteiger partial charge in [0.05, 0.1) is 26.3 Å². The highest BCUT2D eigenvalue weighted by molar-refractivity contribution is 7.92. The molecule has 3 aromatic rings. The number of anilines is 3. The minimum absolute atomic E-state index is 0.129. The van der Waals surface area contributed by atoms with Crippen molar-refractivity contribution in [3.63, 3.8) is 0 Å². The molecule has 0 atom stereocenters. The van der Waals surface area contributed by atoms with Crippen LogP contribution in [0, 0.1) is 5.82 Å². The first kappa shape index (κ1) is 20.9. The summed E-state index contributed by atoms with van der Waals surface area (Å²) in [6, 6.07) is 13.4. The summed E-state index contributed by atoms with van der Waals surface area (Å²) in [6.45, 7) is 0. The molecule has 0 aliphatic rings. The first-order valence-corrected chi connectivity index (χ1v) is 10.3. The Morgan fingerprint density at radius 1 is 0.966 bits per heavy atom. The molecule has 0 saturated heterocycles. The normalized spacial score (nSPS) is 11.1. The summed E-state index contributed by atoms with van der Waals surface area (Å²) in [5, 5.41) is 2.97. The van der Waals surface area contributed by atoms with Crippen molar-refractivity contribution in [2.24, 2.45) is 0 Å². The minimum Gasteiger partial charge on any atom is -0.396 e. The molecule has 0 spiro atoms. The van der Waals surface area contributed by atoms with Crippen LogP contribution < -0.4 is 15.8 Å². The molecule has 0 heterocycles. The van der Waals surface area contributed by atoms with Crippen LogP contribution in [0.15, 0.2) is 65.6 Å². The maximum Gasteiger partial charge on any atom is 0.261 e. The van der Waals surface area contributed by atoms with E-state index in [1.807, 2.05) is 0 Å². The molecule has 0 aromatic heterocycles. The molecule has 4 N–H and O–H groups in total. The summed E-state index contributed by atoms with van der Waals surface area (Å²) in [7, 11) is -4.02. The minimum atomic E-state index is -4.02. The molecule has 0 fully saturated rings. The summed E-state index contributed by atoms with van der Waals surface area (Å²) in [5.74, 6) is -1.21. The summed E-state index contributed by atoms with van der Waals surface area (Å²) >= 11 is 11.9. The highest BCUT2D eigenvalue weighted by atomic mass is 35.5. The van der Waals surface area contributed by atoms with E-state index in [1.54, 1.807) is 0 Å². The molecular weight excluding hydrogens is 440 g/mol. The lowest BCUT2D eigenvalue weighted by molar-refractivity contribution is 0.102. The molecular formula is C19H14Cl2FN3O3S. The lowest BCUT2D eigenvalue weighted by atomic mass is 10.2. The quantitative estimate of drug-likeness (QED) is 0.484. The second-order valence-corrected chi connectivity index (χ2v) is 8.41. The van der Waals surface area contributed by atoms with Crippen molar-refractivity contribution >= 4 is 56.2 Å². The molecule has 3 rings (SSSR count). The van der Waals surface area contributed by atoms with Crippen molar-refractivity contribution in [2.75, 3.05) is 15.8 Å². The number of amides is 1. The largest absolute Gasteiger partial charge is 0.396 e. The lowest BCUT2D eigenvalue weighted by Crippen LogP contribution is -2.15. The highest BCUT2D eigenvalue weighted by Gasteiger charge is 2.17. The Bertz CT molecular complexity index is 1160. The number of carbonyl (C=O) groups is 1. The molecule has 0 unspecified atom stereocenters. The maximum atomic E-state index is 13.7. The topological polar surface area (TPSA) is 101 Å². The van der Waals surface area contributed by atoms with Gasteiger partial charge in [-0.3, -0.25) is 9.52 Å². The van der Waals surface area contributed by atoms with Crippen molar-refractivity contribution in [1.82, 2.24) is 0 Å². The Hall–Kier alpha value is -2.81. The standard InChI is InChI=1S/C19H14Cl2FN3O3S/c20-14-9-12(10-15(21)18(14)23)24-19(26)11-5-7-13(8-6-11)29(27,28)25-17-4-2-1-3-16(17)22/h1-10,25H,23H2,(H,24,26). The smallest absolute Gasteiger partial charge is 0.261 e. The summed E-state index contributed by atoms with van der Waals surface area (Å²) in [5.41, 5.74) is 6.20. The van der Waals surface area contributed by atoms with Crippen LogP contribution >= 0.6 is 23.2 Å². The van der Waals surface area contributed by atoms with Gasteiger partial charge in [0.1, 0.15) is 5.82 Å². The van der Waals surface area contributed by atoms with Crippen molar-refractivity contribution < 1.29 is 17.6 Å². The van der Waals surface area contributed by atoms with Crippen LogP contribution in [0.25, 0.3) is 0 Å². The number of nitrogens with two attached hydrogens (primary N) is 1. The molecule has 29 heavy (non-hydrogen) atoms. The predicted molar refractivity (Wildman–Crippen MR) is 112 cm³/mol. The Kier molecular flexibility index (Phi) is 5.97. The Balaban J connectivity index is 1.77. The van der Waals surface area contributed by atoms with Gasteiger partial charge in [0.15, 0.2) is 0 Å². The van der Waals surface area contributed by atoms with Crippen LogP contribution in [0.4, 0.5) is 21.5 Å². The van der Waals surface area contributed by atoms with Gasteiger partial charge < -0.3 is 11.1 Å². The fourth-order valence-electron chi connectivity index (χ4n) is 2.39. The first-order valence-electron chi connectivity index (χ1n) is 8.10. The van der Waals surface area contributed by atoms with E-state index < -0.39 is 21.7 Å². The zero-order valence-corrected chi connectivity index (χ0v) is 16.9. The molecule has 10 heteroatoms. The van der Waals surface area contributed by atoms with Gasteiger partial charge in [-0.1, -0.05) is 35.3 Å². The van der Waals surface area contributed by atoms with E-state index in [-0.39, 0.29) is 31.9 Å². The molecule has 6 nitrogen and oxygen atoms in total. The van der Waals surface area contributed by atoms with Gasteiger partial charge in [0, 0.05) is 11.3 Å².